The summed E-state index contributed by atoms with van der Waals surface area (Å²) in [6.07, 6.45) is -1.19. The van der Waals surface area contributed by atoms with Gasteiger partial charge in [-0.2, -0.15) is 13.2 Å². The summed E-state index contributed by atoms with van der Waals surface area (Å²) in [5, 5.41) is -0.0483. The Kier molecular flexibility index (Phi) is 6.03. The number of halogens is 3. The zero-order chi connectivity index (χ0) is 25.7. The molecule has 0 unspecified atom stereocenters. The van der Waals surface area contributed by atoms with E-state index in [9.17, 15) is 18.0 Å². The smallest absolute Gasteiger partial charge is 0.381 e. The van der Waals surface area contributed by atoms with Gasteiger partial charge in [0.15, 0.2) is 23.0 Å². The summed E-state index contributed by atoms with van der Waals surface area (Å²) in [6, 6.07) is 10.7. The SMILES string of the molecule is NC(=O)c1nc(Sc2cccnc2C(F)(F)F)c(N)nc1N1CCC2(CC1)Cc1ccccc1[C@H]2N. The van der Waals surface area contributed by atoms with E-state index in [-0.39, 0.29) is 38.7 Å². The van der Waals surface area contributed by atoms with E-state index in [2.05, 4.69) is 27.1 Å². The summed E-state index contributed by atoms with van der Waals surface area (Å²) in [7, 11) is 0. The number of aromatic nitrogens is 3. The molecule has 36 heavy (non-hydrogen) atoms. The summed E-state index contributed by atoms with van der Waals surface area (Å²) in [4.78, 5) is 26.0. The molecule has 1 aliphatic heterocycles. The molecule has 12 heteroatoms. The molecule has 2 aliphatic rings. The van der Waals surface area contributed by atoms with E-state index < -0.39 is 17.8 Å². The lowest BCUT2D eigenvalue weighted by molar-refractivity contribution is -0.143. The highest BCUT2D eigenvalue weighted by atomic mass is 32.2. The van der Waals surface area contributed by atoms with Crippen molar-refractivity contribution >= 4 is 29.3 Å². The van der Waals surface area contributed by atoms with Gasteiger partial charge in [0.1, 0.15) is 5.03 Å². The van der Waals surface area contributed by atoms with Crippen molar-refractivity contribution in [2.75, 3.05) is 23.7 Å². The van der Waals surface area contributed by atoms with Crippen LogP contribution in [0, 0.1) is 5.41 Å². The number of benzene rings is 1. The molecule has 0 radical (unpaired) electrons. The van der Waals surface area contributed by atoms with Crippen molar-refractivity contribution in [1.29, 1.82) is 0 Å². The molecule has 0 saturated carbocycles. The van der Waals surface area contributed by atoms with Gasteiger partial charge in [0, 0.05) is 30.2 Å². The first-order chi connectivity index (χ1) is 17.1. The minimum absolute atomic E-state index is 0.0483. The Labute approximate surface area is 209 Å². The van der Waals surface area contributed by atoms with Crippen LogP contribution in [-0.4, -0.2) is 33.9 Å². The molecule has 3 heterocycles. The monoisotopic (exact) mass is 515 g/mol. The number of alkyl halides is 3. The van der Waals surface area contributed by atoms with Gasteiger partial charge in [-0.3, -0.25) is 9.78 Å². The van der Waals surface area contributed by atoms with Crippen LogP contribution in [0.2, 0.25) is 0 Å². The number of pyridine rings is 1. The summed E-state index contributed by atoms with van der Waals surface area (Å²) < 4.78 is 40.1. The molecule has 1 atom stereocenters. The Morgan fingerprint density at radius 2 is 1.83 bits per heavy atom. The first-order valence-electron chi connectivity index (χ1n) is 11.3. The molecule has 5 rings (SSSR count). The van der Waals surface area contributed by atoms with Crippen LogP contribution in [-0.2, 0) is 12.6 Å². The fourth-order valence-corrected chi connectivity index (χ4v) is 6.05. The van der Waals surface area contributed by atoms with Crippen LogP contribution in [0.1, 0.15) is 46.2 Å². The standard InChI is InChI=1S/C24H24F3N7OS/c25-24(26,27)18-15(6-3-9-31-18)36-22-19(29)33-21(16(32-22)20(30)35)34-10-7-23(8-11-34)12-13-4-1-2-5-14(13)17(23)28/h1-6,9,17H,7-8,10-12,28H2,(H2,29,33)(H2,30,35)/t17-/m1/s1. The van der Waals surface area contributed by atoms with Gasteiger partial charge in [-0.05, 0) is 47.9 Å². The van der Waals surface area contributed by atoms with E-state index >= 15 is 0 Å². The number of rotatable bonds is 4. The van der Waals surface area contributed by atoms with Crippen molar-refractivity contribution in [3.05, 3.63) is 65.1 Å². The van der Waals surface area contributed by atoms with Gasteiger partial charge in [-0.15, -0.1) is 0 Å². The number of anilines is 2. The molecule has 1 saturated heterocycles. The predicted molar refractivity (Wildman–Crippen MR) is 129 cm³/mol. The number of hydrogen-bond acceptors (Lipinski definition) is 8. The predicted octanol–water partition coefficient (Wildman–Crippen LogP) is 3.57. The molecule has 1 aliphatic carbocycles. The minimum Gasteiger partial charge on any atom is -0.381 e. The Morgan fingerprint density at radius 1 is 1.11 bits per heavy atom. The molecule has 6 N–H and O–H groups in total. The van der Waals surface area contributed by atoms with E-state index in [1.54, 1.807) is 0 Å². The molecule has 1 fully saturated rings. The molecule has 0 bridgehead atoms. The topological polar surface area (TPSA) is 137 Å². The number of carbonyl (C=O) groups is 1. The van der Waals surface area contributed by atoms with Gasteiger partial charge < -0.3 is 22.1 Å². The molecular weight excluding hydrogens is 491 g/mol. The lowest BCUT2D eigenvalue weighted by atomic mass is 9.73. The first kappa shape index (κ1) is 24.3. The third-order valence-corrected chi connectivity index (χ3v) is 8.04. The number of fused-ring (bicyclic) bond motifs is 1. The van der Waals surface area contributed by atoms with Crippen molar-refractivity contribution in [1.82, 2.24) is 15.0 Å². The fraction of sp³-hybridized carbons (Fsp3) is 0.333. The molecule has 2 aromatic heterocycles. The van der Waals surface area contributed by atoms with E-state index in [1.807, 2.05) is 17.0 Å². The third-order valence-electron chi connectivity index (χ3n) is 7.00. The van der Waals surface area contributed by atoms with Gasteiger partial charge in [0.2, 0.25) is 0 Å². The van der Waals surface area contributed by atoms with Crippen LogP contribution in [0.25, 0.3) is 0 Å². The second-order valence-corrected chi connectivity index (χ2v) is 10.1. The van der Waals surface area contributed by atoms with Gasteiger partial charge in [-0.1, -0.05) is 36.0 Å². The van der Waals surface area contributed by atoms with E-state index in [0.29, 0.717) is 24.9 Å². The zero-order valence-electron chi connectivity index (χ0n) is 19.1. The summed E-state index contributed by atoms with van der Waals surface area (Å²) in [6.45, 7) is 1.12. The fourth-order valence-electron chi connectivity index (χ4n) is 5.14. The van der Waals surface area contributed by atoms with Crippen LogP contribution in [0.15, 0.2) is 52.5 Å². The number of carbonyl (C=O) groups excluding carboxylic acids is 1. The van der Waals surface area contributed by atoms with Crippen LogP contribution >= 0.6 is 11.8 Å². The molecule has 1 spiro atoms. The second kappa shape index (κ2) is 8.93. The number of primary amides is 1. The van der Waals surface area contributed by atoms with E-state index in [4.69, 9.17) is 17.2 Å². The average Bonchev–Trinajstić information content (AvgIpc) is 3.11. The average molecular weight is 516 g/mol. The minimum atomic E-state index is -4.66. The molecule has 3 aromatic rings. The Morgan fingerprint density at radius 3 is 2.50 bits per heavy atom. The number of hydrogen-bond donors (Lipinski definition) is 3. The van der Waals surface area contributed by atoms with Crippen LogP contribution in [0.3, 0.4) is 0 Å². The Balaban J connectivity index is 1.41. The van der Waals surface area contributed by atoms with E-state index in [1.165, 1.54) is 23.3 Å². The molecule has 1 aromatic carbocycles. The van der Waals surface area contributed by atoms with Crippen molar-refractivity contribution in [3.8, 4) is 0 Å². The highest BCUT2D eigenvalue weighted by Crippen LogP contribution is 2.51. The third kappa shape index (κ3) is 4.24. The number of piperidine rings is 1. The highest BCUT2D eigenvalue weighted by Gasteiger charge is 2.46. The van der Waals surface area contributed by atoms with Crippen LogP contribution in [0.5, 0.6) is 0 Å². The lowest BCUT2D eigenvalue weighted by Crippen LogP contribution is -2.45. The first-order valence-corrected chi connectivity index (χ1v) is 12.2. The largest absolute Gasteiger partial charge is 0.434 e. The quantitative estimate of drug-likeness (QED) is 0.480. The molecule has 8 nitrogen and oxygen atoms in total. The molecule has 1 amide bonds. The highest BCUT2D eigenvalue weighted by molar-refractivity contribution is 7.99. The Bertz CT molecular complexity index is 1330. The number of nitrogens with two attached hydrogens (primary N) is 3. The zero-order valence-corrected chi connectivity index (χ0v) is 19.9. The van der Waals surface area contributed by atoms with Crippen molar-refractivity contribution in [2.45, 2.75) is 41.4 Å². The number of amides is 1. The summed E-state index contributed by atoms with van der Waals surface area (Å²) in [5.41, 5.74) is 19.5. The lowest BCUT2D eigenvalue weighted by Gasteiger charge is -2.42. The van der Waals surface area contributed by atoms with Crippen molar-refractivity contribution < 1.29 is 18.0 Å². The van der Waals surface area contributed by atoms with Crippen molar-refractivity contribution in [2.24, 2.45) is 16.9 Å². The molecule has 188 valence electrons. The van der Waals surface area contributed by atoms with Crippen LogP contribution in [0.4, 0.5) is 24.8 Å². The van der Waals surface area contributed by atoms with Crippen molar-refractivity contribution in [3.63, 3.8) is 0 Å². The summed E-state index contributed by atoms with van der Waals surface area (Å²) >= 11 is 0.639. The van der Waals surface area contributed by atoms with Gasteiger partial charge >= 0.3 is 6.18 Å². The van der Waals surface area contributed by atoms with E-state index in [0.717, 1.165) is 25.5 Å². The summed E-state index contributed by atoms with van der Waals surface area (Å²) in [5.74, 6) is -0.709. The maximum absolute atomic E-state index is 13.4. The molecular formula is C24H24F3N7OS. The van der Waals surface area contributed by atoms with Gasteiger partial charge in [0.05, 0.1) is 0 Å². The maximum Gasteiger partial charge on any atom is 0.434 e. The number of nitrogen functional groups attached to an aromatic ring is 1. The van der Waals surface area contributed by atoms with Crippen LogP contribution < -0.4 is 22.1 Å². The Hall–Kier alpha value is -3.38. The van der Waals surface area contributed by atoms with Gasteiger partial charge in [0.25, 0.3) is 5.91 Å². The van der Waals surface area contributed by atoms with Gasteiger partial charge in [-0.25, -0.2) is 9.97 Å². The second-order valence-electron chi connectivity index (χ2n) is 9.10. The maximum atomic E-state index is 13.4. The number of nitrogens with zero attached hydrogens (tertiary/aromatic N) is 4. The normalized spacial score (nSPS) is 18.9.